The topological polar surface area (TPSA) is 105 Å². The van der Waals surface area contributed by atoms with Crippen molar-refractivity contribution in [2.75, 3.05) is 5.32 Å². The molecule has 0 spiro atoms. The molecular formula is C11H15N3O4. The number of aryl methyl sites for hydroxylation is 1. The summed E-state index contributed by atoms with van der Waals surface area (Å²) in [5.74, 6) is -0.340. The van der Waals surface area contributed by atoms with Gasteiger partial charge in [-0.1, -0.05) is 0 Å². The molecule has 1 aromatic rings. The van der Waals surface area contributed by atoms with Gasteiger partial charge in [-0.15, -0.1) is 0 Å². The van der Waals surface area contributed by atoms with E-state index in [2.05, 4.69) is 10.3 Å². The summed E-state index contributed by atoms with van der Waals surface area (Å²) >= 11 is 0. The van der Waals surface area contributed by atoms with Crippen LogP contribution in [0.2, 0.25) is 0 Å². The average Bonchev–Trinajstić information content (AvgIpc) is 2.26. The Balaban J connectivity index is 2.65. The third-order valence-corrected chi connectivity index (χ3v) is 2.47. The molecule has 0 radical (unpaired) electrons. The Morgan fingerprint density at radius 1 is 1.67 bits per heavy atom. The summed E-state index contributed by atoms with van der Waals surface area (Å²) in [6.07, 6.45) is 1.73. The van der Waals surface area contributed by atoms with Crippen molar-refractivity contribution in [3.8, 4) is 0 Å². The number of aromatic nitrogens is 1. The van der Waals surface area contributed by atoms with Crippen LogP contribution in [0.5, 0.6) is 0 Å². The van der Waals surface area contributed by atoms with Crippen LogP contribution in [-0.2, 0) is 4.79 Å². The Hall–Kier alpha value is -2.18. The molecule has 0 saturated carbocycles. The molecule has 1 rings (SSSR count). The Bertz CT molecular complexity index is 462. The van der Waals surface area contributed by atoms with E-state index in [9.17, 15) is 14.9 Å². The maximum Gasteiger partial charge on any atom is 0.303 e. The SMILES string of the molecule is Cc1cc(NC(C)CCC(=O)O)ncc1[N+](=O)[O-]. The first kappa shape index (κ1) is 13.9. The van der Waals surface area contributed by atoms with Gasteiger partial charge in [-0.3, -0.25) is 14.9 Å². The minimum atomic E-state index is -0.850. The van der Waals surface area contributed by atoms with Gasteiger partial charge in [-0.2, -0.15) is 0 Å². The van der Waals surface area contributed by atoms with Crippen LogP contribution in [0, 0.1) is 17.0 Å². The maximum atomic E-state index is 10.6. The zero-order valence-corrected chi connectivity index (χ0v) is 10.2. The van der Waals surface area contributed by atoms with Gasteiger partial charge < -0.3 is 10.4 Å². The predicted molar refractivity (Wildman–Crippen MR) is 65.6 cm³/mol. The first-order valence-electron chi connectivity index (χ1n) is 5.49. The minimum Gasteiger partial charge on any atom is -0.481 e. The Labute approximate surface area is 104 Å². The number of rotatable bonds is 6. The molecule has 98 valence electrons. The van der Waals surface area contributed by atoms with Gasteiger partial charge in [0, 0.05) is 18.0 Å². The summed E-state index contributed by atoms with van der Waals surface area (Å²) < 4.78 is 0. The van der Waals surface area contributed by atoms with Gasteiger partial charge in [-0.25, -0.2) is 4.98 Å². The van der Waals surface area contributed by atoms with Crippen molar-refractivity contribution >= 4 is 17.5 Å². The number of carboxylic acids is 1. The lowest BCUT2D eigenvalue weighted by Crippen LogP contribution is -2.17. The highest BCUT2D eigenvalue weighted by Gasteiger charge is 2.12. The van der Waals surface area contributed by atoms with E-state index in [4.69, 9.17) is 5.11 Å². The number of hydrogen-bond donors (Lipinski definition) is 2. The molecule has 0 saturated heterocycles. The highest BCUT2D eigenvalue weighted by Crippen LogP contribution is 2.19. The van der Waals surface area contributed by atoms with Crippen LogP contribution in [0.1, 0.15) is 25.3 Å². The molecule has 7 heteroatoms. The second kappa shape index (κ2) is 5.95. The van der Waals surface area contributed by atoms with Gasteiger partial charge in [0.1, 0.15) is 12.0 Å². The van der Waals surface area contributed by atoms with Crippen LogP contribution in [0.15, 0.2) is 12.3 Å². The third kappa shape index (κ3) is 4.00. The lowest BCUT2D eigenvalue weighted by Gasteiger charge is -2.13. The molecule has 2 N–H and O–H groups in total. The molecule has 0 aliphatic carbocycles. The number of pyridine rings is 1. The monoisotopic (exact) mass is 253 g/mol. The molecule has 0 bridgehead atoms. The molecular weight excluding hydrogens is 238 g/mol. The minimum absolute atomic E-state index is 0.0289. The van der Waals surface area contributed by atoms with Gasteiger partial charge in [0.05, 0.1) is 4.92 Å². The normalized spacial score (nSPS) is 11.9. The number of nitrogens with zero attached hydrogens (tertiary/aromatic N) is 2. The van der Waals surface area contributed by atoms with Gasteiger partial charge in [0.25, 0.3) is 5.69 Å². The number of nitro groups is 1. The van der Waals surface area contributed by atoms with E-state index < -0.39 is 10.9 Å². The summed E-state index contributed by atoms with van der Waals surface area (Å²) in [7, 11) is 0. The molecule has 0 amide bonds. The lowest BCUT2D eigenvalue weighted by atomic mass is 10.2. The predicted octanol–water partition coefficient (Wildman–Crippen LogP) is 1.96. The van der Waals surface area contributed by atoms with Crippen molar-refractivity contribution in [2.45, 2.75) is 32.7 Å². The molecule has 1 atom stereocenters. The molecule has 0 aliphatic rings. The average molecular weight is 253 g/mol. The lowest BCUT2D eigenvalue weighted by molar-refractivity contribution is -0.385. The Kier molecular flexibility index (Phi) is 4.59. The standard InChI is InChI=1S/C11H15N3O4/c1-7-5-10(12-6-9(7)14(17)18)13-8(2)3-4-11(15)16/h5-6,8H,3-4H2,1-2H3,(H,12,13)(H,15,16). The van der Waals surface area contributed by atoms with E-state index in [-0.39, 0.29) is 18.2 Å². The highest BCUT2D eigenvalue weighted by atomic mass is 16.6. The van der Waals surface area contributed by atoms with Crippen LogP contribution in [0.4, 0.5) is 11.5 Å². The van der Waals surface area contributed by atoms with Gasteiger partial charge in [0.2, 0.25) is 0 Å². The van der Waals surface area contributed by atoms with Crippen molar-refractivity contribution in [1.82, 2.24) is 4.98 Å². The molecule has 0 fully saturated rings. The van der Waals surface area contributed by atoms with Crippen molar-refractivity contribution in [3.05, 3.63) is 27.9 Å². The molecule has 18 heavy (non-hydrogen) atoms. The van der Waals surface area contributed by atoms with Crippen molar-refractivity contribution in [1.29, 1.82) is 0 Å². The van der Waals surface area contributed by atoms with E-state index in [1.54, 1.807) is 13.0 Å². The summed E-state index contributed by atoms with van der Waals surface area (Å²) in [6.45, 7) is 3.47. The van der Waals surface area contributed by atoms with Crippen LogP contribution in [0.25, 0.3) is 0 Å². The van der Waals surface area contributed by atoms with E-state index in [1.165, 1.54) is 6.20 Å². The number of carbonyl (C=O) groups is 1. The van der Waals surface area contributed by atoms with Gasteiger partial charge in [0.15, 0.2) is 0 Å². The summed E-state index contributed by atoms with van der Waals surface area (Å²) in [5.41, 5.74) is 0.488. The van der Waals surface area contributed by atoms with E-state index >= 15 is 0 Å². The number of hydrogen-bond acceptors (Lipinski definition) is 5. The molecule has 1 aromatic heterocycles. The molecule has 0 aromatic carbocycles. The highest BCUT2D eigenvalue weighted by molar-refractivity contribution is 5.66. The first-order chi connectivity index (χ1) is 8.40. The number of aliphatic carboxylic acids is 1. The maximum absolute atomic E-state index is 10.6. The molecule has 0 aliphatic heterocycles. The largest absolute Gasteiger partial charge is 0.481 e. The first-order valence-corrected chi connectivity index (χ1v) is 5.49. The number of nitrogens with one attached hydrogen (secondary N) is 1. The van der Waals surface area contributed by atoms with E-state index in [0.717, 1.165) is 0 Å². The second-order valence-corrected chi connectivity index (χ2v) is 4.09. The summed E-state index contributed by atoms with van der Waals surface area (Å²) in [4.78, 5) is 24.5. The quantitative estimate of drug-likeness (QED) is 0.593. The van der Waals surface area contributed by atoms with Crippen LogP contribution in [0.3, 0.4) is 0 Å². The van der Waals surface area contributed by atoms with E-state index in [1.807, 2.05) is 6.92 Å². The zero-order chi connectivity index (χ0) is 13.7. The fourth-order valence-corrected chi connectivity index (χ4v) is 1.48. The van der Waals surface area contributed by atoms with Gasteiger partial charge >= 0.3 is 5.97 Å². The number of anilines is 1. The Morgan fingerprint density at radius 3 is 2.83 bits per heavy atom. The molecule has 1 unspecified atom stereocenters. The second-order valence-electron chi connectivity index (χ2n) is 4.09. The molecule has 1 heterocycles. The zero-order valence-electron chi connectivity index (χ0n) is 10.2. The van der Waals surface area contributed by atoms with Crippen LogP contribution >= 0.6 is 0 Å². The summed E-state index contributed by atoms with van der Waals surface area (Å²) in [5, 5.41) is 22.2. The Morgan fingerprint density at radius 2 is 2.33 bits per heavy atom. The van der Waals surface area contributed by atoms with Crippen molar-refractivity contribution < 1.29 is 14.8 Å². The fourth-order valence-electron chi connectivity index (χ4n) is 1.48. The van der Waals surface area contributed by atoms with Gasteiger partial charge in [-0.05, 0) is 26.3 Å². The number of carboxylic acid groups (broad SMARTS) is 1. The fraction of sp³-hybridized carbons (Fsp3) is 0.455. The smallest absolute Gasteiger partial charge is 0.303 e. The summed E-state index contributed by atoms with van der Waals surface area (Å²) in [6, 6.07) is 1.52. The van der Waals surface area contributed by atoms with Crippen LogP contribution in [-0.4, -0.2) is 27.0 Å². The van der Waals surface area contributed by atoms with Crippen LogP contribution < -0.4 is 5.32 Å². The third-order valence-electron chi connectivity index (χ3n) is 2.47. The van der Waals surface area contributed by atoms with E-state index in [0.29, 0.717) is 17.8 Å². The molecule has 7 nitrogen and oxygen atoms in total. The van der Waals surface area contributed by atoms with Crippen molar-refractivity contribution in [2.24, 2.45) is 0 Å². The van der Waals surface area contributed by atoms with Crippen molar-refractivity contribution in [3.63, 3.8) is 0 Å².